The van der Waals surface area contributed by atoms with Gasteiger partial charge in [-0.3, -0.25) is 4.79 Å². The quantitative estimate of drug-likeness (QED) is 0.790. The molecule has 19 heavy (non-hydrogen) atoms. The summed E-state index contributed by atoms with van der Waals surface area (Å²) in [6.45, 7) is 6.85. The predicted octanol–water partition coefficient (Wildman–Crippen LogP) is 4.19. The molecule has 0 spiro atoms. The molecule has 0 saturated carbocycles. The molecule has 0 aliphatic heterocycles. The van der Waals surface area contributed by atoms with E-state index in [-0.39, 0.29) is 5.78 Å². The Morgan fingerprint density at radius 2 is 2.16 bits per heavy atom. The molecule has 1 N–H and O–H groups in total. The number of hydrogen-bond acceptors (Lipinski definition) is 2. The van der Waals surface area contributed by atoms with E-state index >= 15 is 0 Å². The van der Waals surface area contributed by atoms with Crippen molar-refractivity contribution in [3.63, 3.8) is 0 Å². The van der Waals surface area contributed by atoms with E-state index in [4.69, 9.17) is 4.74 Å². The Kier molecular flexibility index (Phi) is 4.25. The van der Waals surface area contributed by atoms with Crippen LogP contribution in [0.15, 0.2) is 24.4 Å². The smallest absolute Gasteiger partial charge is 0.165 e. The van der Waals surface area contributed by atoms with Gasteiger partial charge in [-0.2, -0.15) is 0 Å². The second-order valence-electron chi connectivity index (χ2n) is 5.25. The summed E-state index contributed by atoms with van der Waals surface area (Å²) in [7, 11) is 0. The molecule has 0 bridgehead atoms. The van der Waals surface area contributed by atoms with E-state index in [0.29, 0.717) is 18.9 Å². The molecule has 3 heteroatoms. The Labute approximate surface area is 114 Å². The first-order chi connectivity index (χ1) is 9.13. The number of aromatic nitrogens is 1. The van der Waals surface area contributed by atoms with E-state index in [1.165, 1.54) is 0 Å². The van der Waals surface area contributed by atoms with Crippen molar-refractivity contribution in [2.24, 2.45) is 5.92 Å². The molecular formula is C16H21NO2. The van der Waals surface area contributed by atoms with E-state index < -0.39 is 0 Å². The van der Waals surface area contributed by atoms with E-state index in [2.05, 4.69) is 25.8 Å². The minimum absolute atomic E-state index is 0.175. The van der Waals surface area contributed by atoms with Gasteiger partial charge in [0.25, 0.3) is 0 Å². The number of carbonyl (C=O) groups is 1. The zero-order valence-electron chi connectivity index (χ0n) is 11.8. The van der Waals surface area contributed by atoms with Gasteiger partial charge in [0.2, 0.25) is 0 Å². The highest BCUT2D eigenvalue weighted by Crippen LogP contribution is 2.30. The number of rotatable bonds is 6. The first-order valence-corrected chi connectivity index (χ1v) is 6.89. The fourth-order valence-electron chi connectivity index (χ4n) is 2.18. The molecule has 0 saturated heterocycles. The summed E-state index contributed by atoms with van der Waals surface area (Å²) < 4.78 is 5.75. The Morgan fingerprint density at radius 3 is 2.84 bits per heavy atom. The van der Waals surface area contributed by atoms with E-state index in [0.717, 1.165) is 28.6 Å². The molecule has 0 radical (unpaired) electrons. The van der Waals surface area contributed by atoms with Crippen LogP contribution in [0.3, 0.4) is 0 Å². The molecule has 0 amide bonds. The van der Waals surface area contributed by atoms with Crippen molar-refractivity contribution in [2.45, 2.75) is 33.6 Å². The van der Waals surface area contributed by atoms with Gasteiger partial charge >= 0.3 is 0 Å². The van der Waals surface area contributed by atoms with Gasteiger partial charge in [-0.1, -0.05) is 26.8 Å². The Morgan fingerprint density at radius 1 is 1.37 bits per heavy atom. The number of Topliss-reactive ketones (excluding diaryl/α,β-unsaturated/α-hetero) is 1. The minimum Gasteiger partial charge on any atom is -0.493 e. The number of carbonyl (C=O) groups excluding carboxylic acids is 1. The highest BCUT2D eigenvalue weighted by Gasteiger charge is 2.16. The molecule has 2 aromatic rings. The van der Waals surface area contributed by atoms with Crippen LogP contribution in [-0.4, -0.2) is 17.4 Å². The van der Waals surface area contributed by atoms with Gasteiger partial charge in [0, 0.05) is 23.7 Å². The largest absolute Gasteiger partial charge is 0.493 e. The van der Waals surface area contributed by atoms with Crippen molar-refractivity contribution in [1.29, 1.82) is 0 Å². The lowest BCUT2D eigenvalue weighted by atomic mass is 10.0. The molecule has 0 fully saturated rings. The fourth-order valence-corrected chi connectivity index (χ4v) is 2.18. The van der Waals surface area contributed by atoms with E-state index in [1.54, 1.807) is 6.20 Å². The Bertz CT molecular complexity index is 569. The average Bonchev–Trinajstić information content (AvgIpc) is 2.79. The normalized spacial score (nSPS) is 11.2. The molecule has 1 aromatic heterocycles. The first-order valence-electron chi connectivity index (χ1n) is 6.89. The van der Waals surface area contributed by atoms with Gasteiger partial charge in [0.05, 0.1) is 12.0 Å². The predicted molar refractivity (Wildman–Crippen MR) is 77.9 cm³/mol. The number of aromatic amines is 1. The number of ketones is 1. The van der Waals surface area contributed by atoms with Gasteiger partial charge in [-0.15, -0.1) is 0 Å². The third-order valence-corrected chi connectivity index (χ3v) is 3.02. The Balaban J connectivity index is 2.41. The van der Waals surface area contributed by atoms with Gasteiger partial charge < -0.3 is 9.72 Å². The molecule has 0 aliphatic carbocycles. The third kappa shape index (κ3) is 2.98. The summed E-state index contributed by atoms with van der Waals surface area (Å²) in [5, 5.41) is 0.918. The van der Waals surface area contributed by atoms with Crippen LogP contribution in [0.4, 0.5) is 0 Å². The molecule has 1 aromatic carbocycles. The van der Waals surface area contributed by atoms with Crippen molar-refractivity contribution in [2.75, 3.05) is 6.61 Å². The molecule has 102 valence electrons. The summed E-state index contributed by atoms with van der Waals surface area (Å²) >= 11 is 0. The third-order valence-electron chi connectivity index (χ3n) is 3.02. The SMILES string of the molecule is CCCOc1cccc2[nH]cc(C(=O)CC(C)C)c12. The van der Waals surface area contributed by atoms with Crippen LogP contribution in [0.5, 0.6) is 5.75 Å². The van der Waals surface area contributed by atoms with Gasteiger partial charge in [-0.05, 0) is 24.5 Å². The lowest BCUT2D eigenvalue weighted by molar-refractivity contribution is 0.0969. The number of benzene rings is 1. The maximum Gasteiger partial charge on any atom is 0.165 e. The van der Waals surface area contributed by atoms with Crippen LogP contribution in [0.25, 0.3) is 10.9 Å². The molecule has 0 aliphatic rings. The average molecular weight is 259 g/mol. The zero-order chi connectivity index (χ0) is 13.8. The summed E-state index contributed by atoms with van der Waals surface area (Å²) in [6.07, 6.45) is 3.32. The fraction of sp³-hybridized carbons (Fsp3) is 0.438. The number of fused-ring (bicyclic) bond motifs is 1. The summed E-state index contributed by atoms with van der Waals surface area (Å²) in [5.41, 5.74) is 1.70. The number of H-pyrrole nitrogens is 1. The zero-order valence-corrected chi connectivity index (χ0v) is 11.8. The van der Waals surface area contributed by atoms with Crippen LogP contribution in [0.1, 0.15) is 44.0 Å². The Hall–Kier alpha value is -1.77. The van der Waals surface area contributed by atoms with Crippen molar-refractivity contribution < 1.29 is 9.53 Å². The van der Waals surface area contributed by atoms with E-state index in [1.807, 2.05) is 18.2 Å². The molecule has 0 unspecified atom stereocenters. The van der Waals surface area contributed by atoms with Crippen LogP contribution in [0, 0.1) is 5.92 Å². The van der Waals surface area contributed by atoms with Crippen LogP contribution >= 0.6 is 0 Å². The molecule has 3 nitrogen and oxygen atoms in total. The van der Waals surface area contributed by atoms with Crippen molar-refractivity contribution in [1.82, 2.24) is 4.98 Å². The minimum atomic E-state index is 0.175. The number of nitrogens with one attached hydrogen (secondary N) is 1. The molecular weight excluding hydrogens is 238 g/mol. The molecule has 1 heterocycles. The summed E-state index contributed by atoms with van der Waals surface area (Å²) in [6, 6.07) is 5.85. The van der Waals surface area contributed by atoms with Crippen molar-refractivity contribution in [3.8, 4) is 5.75 Å². The second kappa shape index (κ2) is 5.91. The van der Waals surface area contributed by atoms with Gasteiger partial charge in [0.1, 0.15) is 5.75 Å². The molecule has 2 rings (SSSR count). The second-order valence-corrected chi connectivity index (χ2v) is 5.25. The topological polar surface area (TPSA) is 42.1 Å². The highest BCUT2D eigenvalue weighted by atomic mass is 16.5. The summed E-state index contributed by atoms with van der Waals surface area (Å²) in [5.74, 6) is 1.34. The van der Waals surface area contributed by atoms with Gasteiger partial charge in [-0.25, -0.2) is 0 Å². The van der Waals surface area contributed by atoms with Crippen LogP contribution in [-0.2, 0) is 0 Å². The van der Waals surface area contributed by atoms with Crippen molar-refractivity contribution in [3.05, 3.63) is 30.0 Å². The number of hydrogen-bond donors (Lipinski definition) is 1. The number of ether oxygens (including phenoxy) is 1. The molecule has 0 atom stereocenters. The van der Waals surface area contributed by atoms with Crippen LogP contribution in [0.2, 0.25) is 0 Å². The lowest BCUT2D eigenvalue weighted by Crippen LogP contribution is -2.03. The maximum absolute atomic E-state index is 12.3. The monoisotopic (exact) mass is 259 g/mol. The lowest BCUT2D eigenvalue weighted by Gasteiger charge is -2.08. The van der Waals surface area contributed by atoms with E-state index in [9.17, 15) is 4.79 Å². The highest BCUT2D eigenvalue weighted by molar-refractivity contribution is 6.10. The van der Waals surface area contributed by atoms with Crippen LogP contribution < -0.4 is 4.74 Å². The van der Waals surface area contributed by atoms with Gasteiger partial charge in [0.15, 0.2) is 5.78 Å². The standard InChI is InChI=1S/C16H21NO2/c1-4-8-19-15-7-5-6-13-16(15)12(10-17-13)14(18)9-11(2)3/h5-7,10-11,17H,4,8-9H2,1-3H3. The summed E-state index contributed by atoms with van der Waals surface area (Å²) in [4.78, 5) is 15.4. The maximum atomic E-state index is 12.3. The first kappa shape index (κ1) is 13.7. The van der Waals surface area contributed by atoms with Crippen molar-refractivity contribution >= 4 is 16.7 Å².